The maximum absolute atomic E-state index is 5.29. The van der Waals surface area contributed by atoms with Gasteiger partial charge in [-0.2, -0.15) is 0 Å². The van der Waals surface area contributed by atoms with Gasteiger partial charge in [-0.3, -0.25) is 0 Å². The van der Waals surface area contributed by atoms with Crippen LogP contribution in [-0.4, -0.2) is 12.9 Å². The highest BCUT2D eigenvalue weighted by Crippen LogP contribution is 2.36. The van der Waals surface area contributed by atoms with Crippen molar-refractivity contribution in [3.63, 3.8) is 0 Å². The number of nitrogens with one attached hydrogen (secondary N) is 1. The molecule has 1 aliphatic rings. The number of hydrogen-bond acceptors (Lipinski definition) is 3. The van der Waals surface area contributed by atoms with E-state index < -0.39 is 0 Å². The van der Waals surface area contributed by atoms with Gasteiger partial charge in [-0.1, -0.05) is 31.4 Å². The van der Waals surface area contributed by atoms with E-state index in [1.54, 1.807) is 7.11 Å². The molecule has 0 aromatic heterocycles. The molecule has 2 aromatic rings. The molecule has 0 spiro atoms. The molecule has 0 saturated carbocycles. The fourth-order valence-electron chi connectivity index (χ4n) is 2.48. The molecule has 2 aromatic carbocycles. The lowest BCUT2D eigenvalue weighted by Gasteiger charge is -2.08. The van der Waals surface area contributed by atoms with Gasteiger partial charge in [-0.25, -0.2) is 4.99 Å². The first kappa shape index (κ1) is 14.1. The van der Waals surface area contributed by atoms with Crippen LogP contribution in [0.1, 0.15) is 12.5 Å². The molecule has 0 unspecified atom stereocenters. The minimum atomic E-state index is 0.769. The summed E-state index contributed by atoms with van der Waals surface area (Å²) in [4.78, 5) is 4.56. The Morgan fingerprint density at radius 1 is 1.14 bits per heavy atom. The zero-order chi connectivity index (χ0) is 15.7. The van der Waals surface area contributed by atoms with Crippen LogP contribution in [-0.2, 0) is 0 Å². The van der Waals surface area contributed by atoms with Crippen LogP contribution in [0.4, 0.5) is 5.69 Å². The van der Waals surface area contributed by atoms with Gasteiger partial charge in [0.05, 0.1) is 12.8 Å². The van der Waals surface area contributed by atoms with E-state index in [4.69, 9.17) is 4.74 Å². The highest BCUT2D eigenvalue weighted by molar-refractivity contribution is 6.27. The lowest BCUT2D eigenvalue weighted by Crippen LogP contribution is -2.19. The van der Waals surface area contributed by atoms with Crippen molar-refractivity contribution < 1.29 is 4.74 Å². The monoisotopic (exact) mass is 290 g/mol. The number of aliphatic imine (C=N–C) groups is 1. The van der Waals surface area contributed by atoms with Gasteiger partial charge >= 0.3 is 0 Å². The summed E-state index contributed by atoms with van der Waals surface area (Å²) in [5.41, 5.74) is 5.94. The van der Waals surface area contributed by atoms with Crippen LogP contribution >= 0.6 is 0 Å². The number of rotatable bonds is 3. The third kappa shape index (κ3) is 2.53. The topological polar surface area (TPSA) is 33.6 Å². The van der Waals surface area contributed by atoms with Crippen molar-refractivity contribution in [2.24, 2.45) is 4.99 Å². The van der Waals surface area contributed by atoms with Crippen molar-refractivity contribution in [3.8, 4) is 16.9 Å². The van der Waals surface area contributed by atoms with Crippen molar-refractivity contribution in [2.45, 2.75) is 6.92 Å². The van der Waals surface area contributed by atoms with E-state index in [-0.39, 0.29) is 0 Å². The predicted molar refractivity (Wildman–Crippen MR) is 92.5 cm³/mol. The minimum Gasteiger partial charge on any atom is -0.497 e. The Kier molecular flexibility index (Phi) is 3.55. The van der Waals surface area contributed by atoms with Crippen LogP contribution in [0.2, 0.25) is 0 Å². The minimum absolute atomic E-state index is 0.769. The molecule has 3 rings (SSSR count). The van der Waals surface area contributed by atoms with E-state index in [0.717, 1.165) is 45.2 Å². The average Bonchev–Trinajstić information content (AvgIpc) is 2.82. The van der Waals surface area contributed by atoms with Crippen LogP contribution in [0, 0.1) is 0 Å². The Labute approximate surface area is 130 Å². The lowest BCUT2D eigenvalue weighted by molar-refractivity contribution is 0.415. The van der Waals surface area contributed by atoms with E-state index in [9.17, 15) is 0 Å². The third-order valence-electron chi connectivity index (χ3n) is 3.57. The fraction of sp³-hybridized carbons (Fsp3) is 0.105. The van der Waals surface area contributed by atoms with Gasteiger partial charge in [-0.15, -0.1) is 0 Å². The molecule has 0 amide bonds. The highest BCUT2D eigenvalue weighted by Gasteiger charge is 2.19. The Morgan fingerprint density at radius 2 is 1.91 bits per heavy atom. The Balaban J connectivity index is 1.97. The number of benzene rings is 2. The Morgan fingerprint density at radius 3 is 2.64 bits per heavy atom. The quantitative estimate of drug-likeness (QED) is 0.900. The van der Waals surface area contributed by atoms with Gasteiger partial charge in [0.25, 0.3) is 0 Å². The van der Waals surface area contributed by atoms with Crippen LogP contribution in [0.25, 0.3) is 16.7 Å². The normalized spacial score (nSPS) is 12.6. The molecule has 0 radical (unpaired) electrons. The summed E-state index contributed by atoms with van der Waals surface area (Å²) in [5, 5.41) is 3.15. The second kappa shape index (κ2) is 5.53. The number of nitrogens with zero attached hydrogens (tertiary/aromatic N) is 1. The fourth-order valence-corrected chi connectivity index (χ4v) is 2.48. The second-order valence-corrected chi connectivity index (χ2v) is 5.31. The number of methoxy groups -OCH3 is 1. The van der Waals surface area contributed by atoms with Gasteiger partial charge in [0, 0.05) is 16.8 Å². The number of allylic oxidation sites excluding steroid dienone is 1. The van der Waals surface area contributed by atoms with Crippen LogP contribution < -0.4 is 10.1 Å². The van der Waals surface area contributed by atoms with E-state index in [2.05, 4.69) is 41.7 Å². The molecule has 1 heterocycles. The molecule has 0 aliphatic carbocycles. The van der Waals surface area contributed by atoms with Crippen LogP contribution in [0.3, 0.4) is 0 Å². The summed E-state index contributed by atoms with van der Waals surface area (Å²) >= 11 is 0. The van der Waals surface area contributed by atoms with Crippen molar-refractivity contribution in [3.05, 3.63) is 66.9 Å². The first-order chi connectivity index (χ1) is 10.6. The molecule has 1 N–H and O–H groups in total. The van der Waals surface area contributed by atoms with E-state index >= 15 is 0 Å². The summed E-state index contributed by atoms with van der Waals surface area (Å²) in [6.07, 6.45) is 0. The molecule has 0 bridgehead atoms. The molecule has 110 valence electrons. The number of fused-ring (bicyclic) bond motifs is 1. The summed E-state index contributed by atoms with van der Waals surface area (Å²) in [5.74, 6) is 1.61. The summed E-state index contributed by atoms with van der Waals surface area (Å²) < 4.78 is 5.29. The second-order valence-electron chi connectivity index (χ2n) is 5.31. The lowest BCUT2D eigenvalue weighted by atomic mass is 9.99. The molecule has 22 heavy (non-hydrogen) atoms. The SMILES string of the molecule is C=C(C)NC1=Nc2ccc(-c3cccc(OC)c3)cc2C1=C. The summed E-state index contributed by atoms with van der Waals surface area (Å²) in [6.45, 7) is 9.90. The van der Waals surface area contributed by atoms with Gasteiger partial charge in [-0.05, 0) is 42.3 Å². The molecule has 1 aliphatic heterocycles. The van der Waals surface area contributed by atoms with Crippen LogP contribution in [0.5, 0.6) is 5.75 Å². The zero-order valence-corrected chi connectivity index (χ0v) is 12.8. The predicted octanol–water partition coefficient (Wildman–Crippen LogP) is 4.54. The molecular formula is C19H18N2O. The number of ether oxygens (including phenoxy) is 1. The van der Waals surface area contributed by atoms with E-state index in [1.165, 1.54) is 0 Å². The Bertz CT molecular complexity index is 803. The largest absolute Gasteiger partial charge is 0.497 e. The van der Waals surface area contributed by atoms with Gasteiger partial charge in [0.2, 0.25) is 0 Å². The standard InChI is InChI=1S/C19H18N2O/c1-12(2)20-19-13(3)17-11-15(8-9-18(17)21-19)14-6-5-7-16(10-14)22-4/h5-11H,1,3H2,2,4H3,(H,20,21). The summed E-state index contributed by atoms with van der Waals surface area (Å²) in [6, 6.07) is 14.2. The molecule has 0 atom stereocenters. The van der Waals surface area contributed by atoms with Gasteiger partial charge in [0.1, 0.15) is 11.6 Å². The molecule has 0 fully saturated rings. The summed E-state index contributed by atoms with van der Waals surface area (Å²) in [7, 11) is 1.67. The smallest absolute Gasteiger partial charge is 0.138 e. The van der Waals surface area contributed by atoms with Crippen molar-refractivity contribution in [2.75, 3.05) is 7.11 Å². The number of hydrogen-bond donors (Lipinski definition) is 1. The average molecular weight is 290 g/mol. The Hall–Kier alpha value is -2.81. The first-order valence-electron chi connectivity index (χ1n) is 7.08. The molecule has 3 heteroatoms. The zero-order valence-electron chi connectivity index (χ0n) is 12.8. The van der Waals surface area contributed by atoms with Crippen molar-refractivity contribution in [1.82, 2.24) is 5.32 Å². The maximum atomic E-state index is 5.29. The molecule has 0 saturated heterocycles. The van der Waals surface area contributed by atoms with E-state index in [1.807, 2.05) is 31.2 Å². The van der Waals surface area contributed by atoms with Gasteiger partial charge in [0.15, 0.2) is 0 Å². The van der Waals surface area contributed by atoms with Gasteiger partial charge < -0.3 is 10.1 Å². The van der Waals surface area contributed by atoms with Crippen molar-refractivity contribution >= 4 is 17.1 Å². The van der Waals surface area contributed by atoms with E-state index in [0.29, 0.717) is 0 Å². The first-order valence-corrected chi connectivity index (χ1v) is 7.08. The third-order valence-corrected chi connectivity index (χ3v) is 3.57. The number of amidine groups is 1. The molecular weight excluding hydrogens is 272 g/mol. The van der Waals surface area contributed by atoms with Crippen LogP contribution in [0.15, 0.2) is 66.3 Å². The maximum Gasteiger partial charge on any atom is 0.138 e. The molecule has 3 nitrogen and oxygen atoms in total. The van der Waals surface area contributed by atoms with Crippen molar-refractivity contribution in [1.29, 1.82) is 0 Å². The highest BCUT2D eigenvalue weighted by atomic mass is 16.5.